The first-order chi connectivity index (χ1) is 14.8. The van der Waals surface area contributed by atoms with Gasteiger partial charge in [0.1, 0.15) is 0 Å². The smallest absolute Gasteiger partial charge is 0.183 e. The number of nitrogens with zero attached hydrogens (tertiary/aromatic N) is 2. The molecule has 1 unspecified atom stereocenters. The molecule has 1 atom stereocenters. The Hall–Kier alpha value is -2.83. The standard InChI is InChI=1S/C24H22N4S2/c1-2-9-18(10-3-1)22-16-26-24(30-22)27-19-11-5-4-8-17(19)14-15-25-23-28-20-12-6-7-13-21(20)29-23/h1-13,22H,14-16H2,(H,25,28)(H,26,27). The van der Waals surface area contributed by atoms with Gasteiger partial charge >= 0.3 is 0 Å². The third kappa shape index (κ3) is 4.35. The van der Waals surface area contributed by atoms with E-state index in [1.165, 1.54) is 15.8 Å². The van der Waals surface area contributed by atoms with Gasteiger partial charge in [0.25, 0.3) is 0 Å². The second-order valence-electron chi connectivity index (χ2n) is 7.11. The first-order valence-electron chi connectivity index (χ1n) is 10.1. The van der Waals surface area contributed by atoms with Gasteiger partial charge in [-0.05, 0) is 35.7 Å². The molecule has 4 aromatic rings. The fraction of sp³-hybridized carbons (Fsp3) is 0.167. The van der Waals surface area contributed by atoms with E-state index in [2.05, 4.69) is 88.4 Å². The number of hydrogen-bond acceptors (Lipinski definition) is 5. The van der Waals surface area contributed by atoms with E-state index in [0.29, 0.717) is 5.25 Å². The van der Waals surface area contributed by atoms with Gasteiger partial charge in [-0.15, -0.1) is 0 Å². The maximum absolute atomic E-state index is 4.92. The Labute approximate surface area is 184 Å². The summed E-state index contributed by atoms with van der Waals surface area (Å²) in [5.41, 5.74) is 4.67. The van der Waals surface area contributed by atoms with Gasteiger partial charge in [-0.1, -0.05) is 83.8 Å². The highest BCUT2D eigenvalue weighted by Crippen LogP contribution is 2.34. The zero-order chi connectivity index (χ0) is 20.2. The highest BCUT2D eigenvalue weighted by molar-refractivity contribution is 8.14. The van der Waals surface area contributed by atoms with Crippen LogP contribution < -0.4 is 10.6 Å². The lowest BCUT2D eigenvalue weighted by atomic mass is 10.1. The largest absolute Gasteiger partial charge is 0.363 e. The van der Waals surface area contributed by atoms with Gasteiger partial charge in [-0.2, -0.15) is 0 Å². The van der Waals surface area contributed by atoms with E-state index < -0.39 is 0 Å². The van der Waals surface area contributed by atoms with Crippen LogP contribution in [0.5, 0.6) is 0 Å². The molecule has 0 saturated carbocycles. The van der Waals surface area contributed by atoms with Gasteiger partial charge < -0.3 is 10.6 Å². The summed E-state index contributed by atoms with van der Waals surface area (Å²) in [4.78, 5) is 9.58. The Morgan fingerprint density at radius 2 is 1.77 bits per heavy atom. The Morgan fingerprint density at radius 3 is 2.67 bits per heavy atom. The Kier molecular flexibility index (Phi) is 5.68. The fourth-order valence-corrected chi connectivity index (χ4v) is 5.45. The van der Waals surface area contributed by atoms with Crippen LogP contribution in [0.3, 0.4) is 0 Å². The second kappa shape index (κ2) is 8.90. The van der Waals surface area contributed by atoms with Crippen molar-refractivity contribution in [3.8, 4) is 0 Å². The van der Waals surface area contributed by atoms with Gasteiger partial charge in [0.2, 0.25) is 0 Å². The molecule has 0 aliphatic carbocycles. The molecule has 1 aliphatic rings. The molecular formula is C24H22N4S2. The lowest BCUT2D eigenvalue weighted by Gasteiger charge is -2.07. The summed E-state index contributed by atoms with van der Waals surface area (Å²) in [5, 5.41) is 9.32. The molecular weight excluding hydrogens is 408 g/mol. The lowest BCUT2D eigenvalue weighted by molar-refractivity contribution is 0.882. The van der Waals surface area contributed by atoms with Crippen molar-refractivity contribution in [2.24, 2.45) is 4.99 Å². The highest BCUT2D eigenvalue weighted by atomic mass is 32.2. The number of thioether (sulfide) groups is 1. The van der Waals surface area contributed by atoms with Crippen LogP contribution in [0.1, 0.15) is 16.4 Å². The lowest BCUT2D eigenvalue weighted by Crippen LogP contribution is -2.13. The second-order valence-corrected chi connectivity index (χ2v) is 9.33. The van der Waals surface area contributed by atoms with Gasteiger partial charge in [0, 0.05) is 13.1 Å². The zero-order valence-corrected chi connectivity index (χ0v) is 18.0. The topological polar surface area (TPSA) is 49.3 Å². The van der Waals surface area contributed by atoms with E-state index in [4.69, 9.17) is 4.99 Å². The van der Waals surface area contributed by atoms with E-state index in [0.717, 1.165) is 41.0 Å². The van der Waals surface area contributed by atoms with Gasteiger partial charge in [0.15, 0.2) is 10.3 Å². The predicted molar refractivity (Wildman–Crippen MR) is 130 cm³/mol. The quantitative estimate of drug-likeness (QED) is 0.393. The molecule has 0 bridgehead atoms. The van der Waals surface area contributed by atoms with Gasteiger partial charge in [-0.25, -0.2) is 9.98 Å². The predicted octanol–water partition coefficient (Wildman–Crippen LogP) is 6.02. The maximum atomic E-state index is 4.92. The van der Waals surface area contributed by atoms with Crippen molar-refractivity contribution < 1.29 is 0 Å². The fourth-order valence-electron chi connectivity index (χ4n) is 3.51. The van der Waals surface area contributed by atoms with Crippen LogP contribution in [0, 0.1) is 0 Å². The van der Waals surface area contributed by atoms with Gasteiger partial charge in [0.05, 0.1) is 21.2 Å². The molecule has 30 heavy (non-hydrogen) atoms. The van der Waals surface area contributed by atoms with E-state index in [9.17, 15) is 0 Å². The molecule has 0 amide bonds. The molecule has 0 radical (unpaired) electrons. The van der Waals surface area contributed by atoms with Crippen LogP contribution in [0.15, 0.2) is 83.9 Å². The first-order valence-corrected chi connectivity index (χ1v) is 11.8. The Balaban J connectivity index is 1.24. The third-order valence-corrected chi connectivity index (χ3v) is 7.22. The number of rotatable bonds is 6. The Bertz CT molecular complexity index is 1140. The third-order valence-electron chi connectivity index (χ3n) is 5.04. The minimum atomic E-state index is 0.415. The summed E-state index contributed by atoms with van der Waals surface area (Å²) in [7, 11) is 0. The normalized spacial score (nSPS) is 17.3. The summed E-state index contributed by atoms with van der Waals surface area (Å²) in [6.45, 7) is 1.74. The van der Waals surface area contributed by atoms with Crippen LogP contribution >= 0.6 is 23.1 Å². The summed E-state index contributed by atoms with van der Waals surface area (Å²) in [5.74, 6) is 0. The summed E-state index contributed by atoms with van der Waals surface area (Å²) < 4.78 is 1.21. The highest BCUT2D eigenvalue weighted by Gasteiger charge is 2.22. The SMILES string of the molecule is c1ccc(C2CN/C(=N\c3ccccc3CCNc3nc4ccccc4s3)S2)cc1. The number of amidine groups is 1. The number of thiazole rings is 1. The summed E-state index contributed by atoms with van der Waals surface area (Å²) in [6, 6.07) is 27.3. The summed E-state index contributed by atoms with van der Waals surface area (Å²) in [6.07, 6.45) is 0.898. The van der Waals surface area contributed by atoms with Crippen molar-refractivity contribution in [2.45, 2.75) is 11.7 Å². The molecule has 2 heterocycles. The molecule has 1 saturated heterocycles. The Morgan fingerprint density at radius 1 is 0.967 bits per heavy atom. The van der Waals surface area contributed by atoms with Crippen LogP contribution in [0.2, 0.25) is 0 Å². The number of aliphatic imine (C=N–C) groups is 1. The number of aromatic nitrogens is 1. The average Bonchev–Trinajstić information content (AvgIpc) is 3.42. The van der Waals surface area contributed by atoms with Gasteiger partial charge in [-0.3, -0.25) is 0 Å². The minimum absolute atomic E-state index is 0.415. The molecule has 0 spiro atoms. The van der Waals surface area contributed by atoms with Crippen molar-refractivity contribution in [1.29, 1.82) is 0 Å². The average molecular weight is 431 g/mol. The molecule has 1 aliphatic heterocycles. The molecule has 150 valence electrons. The van der Waals surface area contributed by atoms with E-state index in [1.54, 1.807) is 23.1 Å². The number of benzene rings is 3. The van der Waals surface area contributed by atoms with Crippen LogP contribution in [0.25, 0.3) is 10.2 Å². The number of nitrogens with one attached hydrogen (secondary N) is 2. The van der Waals surface area contributed by atoms with Crippen molar-refractivity contribution in [1.82, 2.24) is 10.3 Å². The minimum Gasteiger partial charge on any atom is -0.363 e. The number of para-hydroxylation sites is 2. The van der Waals surface area contributed by atoms with Crippen molar-refractivity contribution in [3.05, 3.63) is 90.0 Å². The number of anilines is 1. The summed E-state index contributed by atoms with van der Waals surface area (Å²) >= 11 is 3.50. The molecule has 1 aromatic heterocycles. The maximum Gasteiger partial charge on any atom is 0.183 e. The van der Waals surface area contributed by atoms with Crippen molar-refractivity contribution >= 4 is 49.3 Å². The molecule has 3 aromatic carbocycles. The zero-order valence-electron chi connectivity index (χ0n) is 16.4. The molecule has 5 rings (SSSR count). The molecule has 6 heteroatoms. The van der Waals surface area contributed by atoms with Crippen molar-refractivity contribution in [3.63, 3.8) is 0 Å². The van der Waals surface area contributed by atoms with Crippen LogP contribution in [0.4, 0.5) is 10.8 Å². The first kappa shape index (κ1) is 19.2. The van der Waals surface area contributed by atoms with Crippen LogP contribution in [-0.4, -0.2) is 23.2 Å². The van der Waals surface area contributed by atoms with E-state index >= 15 is 0 Å². The monoisotopic (exact) mass is 430 g/mol. The molecule has 2 N–H and O–H groups in total. The number of hydrogen-bond donors (Lipinski definition) is 2. The molecule has 4 nitrogen and oxygen atoms in total. The molecule has 1 fully saturated rings. The van der Waals surface area contributed by atoms with E-state index in [-0.39, 0.29) is 0 Å². The van der Waals surface area contributed by atoms with Crippen molar-refractivity contribution in [2.75, 3.05) is 18.4 Å². The van der Waals surface area contributed by atoms with E-state index in [1.807, 2.05) is 6.07 Å². The van der Waals surface area contributed by atoms with Crippen LogP contribution in [-0.2, 0) is 6.42 Å². The number of fused-ring (bicyclic) bond motifs is 1.